The van der Waals surface area contributed by atoms with Crippen LogP contribution in [0.15, 0.2) is 24.0 Å². The van der Waals surface area contributed by atoms with Gasteiger partial charge in [0, 0.05) is 17.9 Å². The Labute approximate surface area is 87.8 Å². The molecule has 0 aliphatic heterocycles. The molecule has 3 aliphatic rings. The fourth-order valence-electron chi connectivity index (χ4n) is 3.22. The number of fused-ring (bicyclic) bond motifs is 5. The third kappa shape index (κ3) is 1.01. The first-order valence-electron chi connectivity index (χ1n) is 5.24. The molecule has 0 radical (unpaired) electrons. The first-order chi connectivity index (χ1) is 7.22. The number of hydrogen-bond acceptors (Lipinski definition) is 3. The molecule has 3 nitrogen and oxygen atoms in total. The normalized spacial score (nSPS) is 41.8. The van der Waals surface area contributed by atoms with Crippen molar-refractivity contribution in [3.05, 3.63) is 24.0 Å². The van der Waals surface area contributed by atoms with Gasteiger partial charge in [-0.15, -0.1) is 0 Å². The van der Waals surface area contributed by atoms with E-state index in [2.05, 4.69) is 12.2 Å². The van der Waals surface area contributed by atoms with E-state index in [0.29, 0.717) is 11.7 Å². The van der Waals surface area contributed by atoms with E-state index in [1.807, 2.05) is 0 Å². The molecule has 0 aromatic carbocycles. The van der Waals surface area contributed by atoms with Gasteiger partial charge in [0.1, 0.15) is 5.76 Å². The summed E-state index contributed by atoms with van der Waals surface area (Å²) in [4.78, 5) is 23.2. The van der Waals surface area contributed by atoms with Gasteiger partial charge in [-0.2, -0.15) is 0 Å². The molecule has 0 saturated heterocycles. The van der Waals surface area contributed by atoms with E-state index in [9.17, 15) is 9.59 Å². The monoisotopic (exact) mass is 204 g/mol. The zero-order valence-electron chi connectivity index (χ0n) is 8.47. The minimum atomic E-state index is -0.394. The third-order valence-electron chi connectivity index (χ3n) is 3.84. The molecule has 1 fully saturated rings. The Balaban J connectivity index is 2.08. The molecular weight excluding hydrogens is 192 g/mol. The van der Waals surface area contributed by atoms with Crippen LogP contribution >= 0.6 is 0 Å². The summed E-state index contributed by atoms with van der Waals surface area (Å²) < 4.78 is 5.23. The van der Waals surface area contributed by atoms with E-state index in [0.717, 1.165) is 6.42 Å². The van der Waals surface area contributed by atoms with E-state index in [4.69, 9.17) is 4.74 Å². The van der Waals surface area contributed by atoms with Gasteiger partial charge in [0.25, 0.3) is 0 Å². The van der Waals surface area contributed by atoms with Crippen LogP contribution in [0.25, 0.3) is 0 Å². The standard InChI is InChI=1S/C12H12O3/c1-15-9-5-8(13)12(14)11-7-3-2-6(4-7)10(9)11/h2-3,5-7,10-11H,4H2,1H3. The van der Waals surface area contributed by atoms with Crippen molar-refractivity contribution in [2.75, 3.05) is 7.11 Å². The zero-order valence-corrected chi connectivity index (χ0v) is 8.47. The lowest BCUT2D eigenvalue weighted by molar-refractivity contribution is -0.139. The first-order valence-corrected chi connectivity index (χ1v) is 5.24. The molecule has 4 unspecified atom stereocenters. The van der Waals surface area contributed by atoms with Crippen molar-refractivity contribution in [2.24, 2.45) is 23.7 Å². The quantitative estimate of drug-likeness (QED) is 0.474. The molecule has 4 atom stereocenters. The van der Waals surface area contributed by atoms with Crippen LogP contribution in [-0.2, 0) is 14.3 Å². The van der Waals surface area contributed by atoms with Crippen LogP contribution in [0.2, 0.25) is 0 Å². The van der Waals surface area contributed by atoms with Crippen molar-refractivity contribution in [3.63, 3.8) is 0 Å². The minimum Gasteiger partial charge on any atom is -0.501 e. The highest BCUT2D eigenvalue weighted by atomic mass is 16.5. The Morgan fingerprint density at radius 3 is 2.53 bits per heavy atom. The summed E-state index contributed by atoms with van der Waals surface area (Å²) in [6.07, 6.45) is 6.60. The number of carbonyl (C=O) groups excluding carboxylic acids is 2. The number of rotatable bonds is 1. The summed E-state index contributed by atoms with van der Waals surface area (Å²) in [6.45, 7) is 0. The molecular formula is C12H12O3. The largest absolute Gasteiger partial charge is 0.501 e. The Morgan fingerprint density at radius 2 is 1.87 bits per heavy atom. The minimum absolute atomic E-state index is 0.121. The second kappa shape index (κ2) is 2.81. The molecule has 2 bridgehead atoms. The maximum Gasteiger partial charge on any atom is 0.225 e. The number of Topliss-reactive ketones (excluding diaryl/α,β-unsaturated/α-hetero) is 1. The van der Waals surface area contributed by atoms with Gasteiger partial charge in [-0.1, -0.05) is 12.2 Å². The molecule has 0 N–H and O–H groups in total. The van der Waals surface area contributed by atoms with Crippen molar-refractivity contribution in [3.8, 4) is 0 Å². The maximum absolute atomic E-state index is 11.8. The molecule has 3 heteroatoms. The van der Waals surface area contributed by atoms with Crippen LogP contribution in [0, 0.1) is 23.7 Å². The van der Waals surface area contributed by atoms with Gasteiger partial charge < -0.3 is 4.74 Å². The van der Waals surface area contributed by atoms with Crippen LogP contribution in [0.4, 0.5) is 0 Å². The Morgan fingerprint density at radius 1 is 1.20 bits per heavy atom. The predicted octanol–water partition coefficient (Wildman–Crippen LogP) is 1.11. The summed E-state index contributed by atoms with van der Waals surface area (Å²) in [5.41, 5.74) is 0. The van der Waals surface area contributed by atoms with E-state index in [-0.39, 0.29) is 23.5 Å². The first kappa shape index (κ1) is 8.89. The lowest BCUT2D eigenvalue weighted by atomic mass is 9.74. The second-order valence-corrected chi connectivity index (χ2v) is 4.48. The predicted molar refractivity (Wildman–Crippen MR) is 52.8 cm³/mol. The highest BCUT2D eigenvalue weighted by Gasteiger charge is 2.53. The summed E-state index contributed by atoms with van der Waals surface area (Å²) in [5, 5.41) is 0. The van der Waals surface area contributed by atoms with Crippen LogP contribution in [0.3, 0.4) is 0 Å². The Bertz CT molecular complexity index is 405. The van der Waals surface area contributed by atoms with Gasteiger partial charge in [0.05, 0.1) is 7.11 Å². The molecule has 1 saturated carbocycles. The highest BCUT2D eigenvalue weighted by molar-refractivity contribution is 6.43. The van der Waals surface area contributed by atoms with E-state index >= 15 is 0 Å². The van der Waals surface area contributed by atoms with Gasteiger partial charge in [-0.3, -0.25) is 9.59 Å². The average molecular weight is 204 g/mol. The van der Waals surface area contributed by atoms with Crippen LogP contribution in [0.1, 0.15) is 6.42 Å². The lowest BCUT2D eigenvalue weighted by Gasteiger charge is -2.30. The van der Waals surface area contributed by atoms with Crippen molar-refractivity contribution in [1.29, 1.82) is 0 Å². The molecule has 0 amide bonds. The molecule has 0 spiro atoms. The van der Waals surface area contributed by atoms with E-state index < -0.39 is 5.78 Å². The fourth-order valence-corrected chi connectivity index (χ4v) is 3.22. The fraction of sp³-hybridized carbons (Fsp3) is 0.500. The van der Waals surface area contributed by atoms with Crippen molar-refractivity contribution in [2.45, 2.75) is 6.42 Å². The molecule has 3 aliphatic carbocycles. The molecule has 0 heterocycles. The van der Waals surface area contributed by atoms with Gasteiger partial charge >= 0.3 is 0 Å². The summed E-state index contributed by atoms with van der Waals surface area (Å²) in [7, 11) is 1.57. The molecule has 0 aromatic rings. The second-order valence-electron chi connectivity index (χ2n) is 4.48. The summed E-state index contributed by atoms with van der Waals surface area (Å²) >= 11 is 0. The van der Waals surface area contributed by atoms with Crippen molar-refractivity contribution in [1.82, 2.24) is 0 Å². The number of hydrogen-bond donors (Lipinski definition) is 0. The lowest BCUT2D eigenvalue weighted by Crippen LogP contribution is -2.37. The maximum atomic E-state index is 11.8. The zero-order chi connectivity index (χ0) is 10.6. The SMILES string of the molecule is COC1=CC(=O)C(=O)C2C3C=CC(C3)C12. The van der Waals surface area contributed by atoms with Crippen LogP contribution in [0.5, 0.6) is 0 Å². The smallest absolute Gasteiger partial charge is 0.225 e. The van der Waals surface area contributed by atoms with Gasteiger partial charge in [0.15, 0.2) is 0 Å². The number of carbonyl (C=O) groups is 2. The molecule has 3 rings (SSSR count). The molecule has 15 heavy (non-hydrogen) atoms. The van der Waals surface area contributed by atoms with Crippen molar-refractivity contribution < 1.29 is 14.3 Å². The molecule has 0 aromatic heterocycles. The van der Waals surface area contributed by atoms with E-state index in [1.165, 1.54) is 6.08 Å². The Hall–Kier alpha value is -1.38. The van der Waals surface area contributed by atoms with Gasteiger partial charge in [0.2, 0.25) is 11.6 Å². The van der Waals surface area contributed by atoms with Gasteiger partial charge in [-0.25, -0.2) is 0 Å². The Kier molecular flexibility index (Phi) is 1.67. The van der Waals surface area contributed by atoms with Gasteiger partial charge in [-0.05, 0) is 18.3 Å². The molecule has 78 valence electrons. The van der Waals surface area contributed by atoms with E-state index in [1.54, 1.807) is 7.11 Å². The third-order valence-corrected chi connectivity index (χ3v) is 3.84. The number of ketones is 2. The number of allylic oxidation sites excluding steroid dienone is 4. The number of ether oxygens (including phenoxy) is 1. The highest BCUT2D eigenvalue weighted by Crippen LogP contribution is 2.52. The number of methoxy groups -OCH3 is 1. The van der Waals surface area contributed by atoms with Crippen LogP contribution < -0.4 is 0 Å². The summed E-state index contributed by atoms with van der Waals surface area (Å²) in [5.74, 6) is 0.703. The van der Waals surface area contributed by atoms with Crippen molar-refractivity contribution >= 4 is 11.6 Å². The summed E-state index contributed by atoms with van der Waals surface area (Å²) in [6, 6.07) is 0. The average Bonchev–Trinajstić information content (AvgIpc) is 2.83. The van der Waals surface area contributed by atoms with Crippen LogP contribution in [-0.4, -0.2) is 18.7 Å². The topological polar surface area (TPSA) is 43.4 Å².